The number of rotatable bonds is 6. The van der Waals surface area contributed by atoms with E-state index in [0.29, 0.717) is 16.4 Å². The fraction of sp³-hybridized carbons (Fsp3) is 0.100. The van der Waals surface area contributed by atoms with Gasteiger partial charge in [-0.05, 0) is 54.6 Å². The van der Waals surface area contributed by atoms with Gasteiger partial charge in [0.1, 0.15) is 0 Å². The van der Waals surface area contributed by atoms with E-state index in [1.54, 1.807) is 48.7 Å². The van der Waals surface area contributed by atoms with Crippen LogP contribution in [-0.4, -0.2) is 26.4 Å². The molecule has 3 aromatic rings. The van der Waals surface area contributed by atoms with Crippen molar-refractivity contribution in [1.29, 1.82) is 0 Å². The molecule has 2 aromatic carbocycles. The van der Waals surface area contributed by atoms with E-state index in [1.165, 1.54) is 25.2 Å². The predicted molar refractivity (Wildman–Crippen MR) is 109 cm³/mol. The van der Waals surface area contributed by atoms with Crippen molar-refractivity contribution in [2.24, 2.45) is 0 Å². The van der Waals surface area contributed by atoms with Gasteiger partial charge in [0.05, 0.1) is 22.8 Å². The molecule has 0 spiro atoms. The Bertz CT molecular complexity index is 1070. The summed E-state index contributed by atoms with van der Waals surface area (Å²) in [5, 5.41) is 3.25. The second-order valence-corrected chi connectivity index (χ2v) is 8.39. The van der Waals surface area contributed by atoms with Gasteiger partial charge in [0.2, 0.25) is 0 Å². The van der Waals surface area contributed by atoms with Gasteiger partial charge in [0.15, 0.2) is 0 Å². The monoisotopic (exact) mass is 415 g/mol. The molecule has 1 heterocycles. The molecule has 1 amide bonds. The molecule has 0 bridgehead atoms. The summed E-state index contributed by atoms with van der Waals surface area (Å²) in [7, 11) is -2.38. The summed E-state index contributed by atoms with van der Waals surface area (Å²) in [6.07, 6.45) is 1.64. The summed E-state index contributed by atoms with van der Waals surface area (Å²) in [4.78, 5) is 16.6. The van der Waals surface area contributed by atoms with Crippen molar-refractivity contribution in [3.05, 3.63) is 89.2 Å². The molecule has 8 heteroatoms. The molecular formula is C20H18ClN3O3S. The predicted octanol–water partition coefficient (Wildman–Crippen LogP) is 3.49. The van der Waals surface area contributed by atoms with Crippen LogP contribution in [0.3, 0.4) is 0 Å². The van der Waals surface area contributed by atoms with Gasteiger partial charge >= 0.3 is 0 Å². The van der Waals surface area contributed by atoms with Crippen LogP contribution in [-0.2, 0) is 16.6 Å². The van der Waals surface area contributed by atoms with E-state index < -0.39 is 10.0 Å². The smallest absolute Gasteiger partial charge is 0.264 e. The summed E-state index contributed by atoms with van der Waals surface area (Å²) in [6.45, 7) is 0.251. The Morgan fingerprint density at radius 3 is 2.50 bits per heavy atom. The van der Waals surface area contributed by atoms with Crippen molar-refractivity contribution < 1.29 is 13.2 Å². The number of pyridine rings is 1. The van der Waals surface area contributed by atoms with E-state index in [9.17, 15) is 13.2 Å². The average molecular weight is 416 g/mol. The largest absolute Gasteiger partial charge is 0.346 e. The van der Waals surface area contributed by atoms with Crippen LogP contribution in [0, 0.1) is 0 Å². The number of sulfonamides is 1. The number of hydrogen-bond acceptors (Lipinski definition) is 4. The highest BCUT2D eigenvalue weighted by molar-refractivity contribution is 7.92. The van der Waals surface area contributed by atoms with Crippen LogP contribution in [0.1, 0.15) is 16.1 Å². The summed E-state index contributed by atoms with van der Waals surface area (Å²) >= 11 is 5.86. The van der Waals surface area contributed by atoms with Gasteiger partial charge in [-0.2, -0.15) is 0 Å². The Morgan fingerprint density at radius 1 is 1.07 bits per heavy atom. The first-order valence-electron chi connectivity index (χ1n) is 8.40. The van der Waals surface area contributed by atoms with Crippen LogP contribution in [0.15, 0.2) is 77.8 Å². The van der Waals surface area contributed by atoms with Gasteiger partial charge in [0.25, 0.3) is 15.9 Å². The zero-order chi connectivity index (χ0) is 20.1. The lowest BCUT2D eigenvalue weighted by Gasteiger charge is -2.20. The summed E-state index contributed by atoms with van der Waals surface area (Å²) < 4.78 is 27.0. The maximum atomic E-state index is 12.9. The van der Waals surface area contributed by atoms with E-state index in [-0.39, 0.29) is 22.9 Å². The summed E-state index contributed by atoms with van der Waals surface area (Å²) in [5.41, 5.74) is 1.43. The molecule has 144 valence electrons. The number of carbonyl (C=O) groups is 1. The summed E-state index contributed by atoms with van der Waals surface area (Å²) in [5.74, 6) is -0.378. The third-order valence-corrected chi connectivity index (χ3v) is 6.13. The van der Waals surface area contributed by atoms with Gasteiger partial charge in [-0.3, -0.25) is 14.1 Å². The lowest BCUT2D eigenvalue weighted by atomic mass is 10.2. The van der Waals surface area contributed by atoms with E-state index >= 15 is 0 Å². The minimum absolute atomic E-state index is 0.0236. The Kier molecular flexibility index (Phi) is 5.96. The van der Waals surface area contributed by atoms with E-state index in [2.05, 4.69) is 10.3 Å². The number of amides is 1. The number of anilines is 1. The maximum Gasteiger partial charge on any atom is 0.264 e. The summed E-state index contributed by atoms with van der Waals surface area (Å²) in [6, 6.07) is 17.8. The molecule has 1 aromatic heterocycles. The molecule has 0 atom stereocenters. The fourth-order valence-electron chi connectivity index (χ4n) is 2.52. The molecule has 3 rings (SSSR count). The Labute approximate surface area is 168 Å². The van der Waals surface area contributed by atoms with Gasteiger partial charge < -0.3 is 5.32 Å². The van der Waals surface area contributed by atoms with Crippen LogP contribution in [0.5, 0.6) is 0 Å². The average Bonchev–Trinajstić information content (AvgIpc) is 2.73. The molecule has 0 unspecified atom stereocenters. The van der Waals surface area contributed by atoms with Gasteiger partial charge in [-0.1, -0.05) is 23.7 Å². The number of aromatic nitrogens is 1. The molecule has 0 radical (unpaired) electrons. The lowest BCUT2D eigenvalue weighted by Crippen LogP contribution is -2.27. The third-order valence-electron chi connectivity index (χ3n) is 4.10. The Morgan fingerprint density at radius 2 is 1.82 bits per heavy atom. The molecule has 0 aliphatic heterocycles. The third kappa shape index (κ3) is 4.49. The van der Waals surface area contributed by atoms with Crippen molar-refractivity contribution >= 4 is 33.2 Å². The maximum absolute atomic E-state index is 12.9. The van der Waals surface area contributed by atoms with Crippen molar-refractivity contribution in [2.75, 3.05) is 11.4 Å². The first-order valence-corrected chi connectivity index (χ1v) is 10.2. The first kappa shape index (κ1) is 19.9. The highest BCUT2D eigenvalue weighted by atomic mass is 35.5. The van der Waals surface area contributed by atoms with Crippen molar-refractivity contribution in [3.63, 3.8) is 0 Å². The van der Waals surface area contributed by atoms with Crippen molar-refractivity contribution in [3.8, 4) is 0 Å². The van der Waals surface area contributed by atoms with Crippen molar-refractivity contribution in [1.82, 2.24) is 10.3 Å². The molecule has 28 heavy (non-hydrogen) atoms. The second-order valence-electron chi connectivity index (χ2n) is 5.98. The molecule has 0 fully saturated rings. The van der Waals surface area contributed by atoms with Crippen LogP contribution < -0.4 is 9.62 Å². The van der Waals surface area contributed by atoms with E-state index in [1.807, 2.05) is 6.07 Å². The fourth-order valence-corrected chi connectivity index (χ4v) is 3.89. The Hall–Kier alpha value is -2.90. The molecule has 6 nitrogen and oxygen atoms in total. The number of benzene rings is 2. The topological polar surface area (TPSA) is 79.4 Å². The SMILES string of the molecule is CN(c1ccc(Cl)cc1)S(=O)(=O)c1cccc(C(=O)NCc2ccccn2)c1. The highest BCUT2D eigenvalue weighted by Crippen LogP contribution is 2.24. The number of carbonyl (C=O) groups excluding carboxylic acids is 1. The van der Waals surface area contributed by atoms with Gasteiger partial charge in [-0.25, -0.2) is 8.42 Å². The molecule has 0 aliphatic rings. The zero-order valence-corrected chi connectivity index (χ0v) is 16.6. The van der Waals surface area contributed by atoms with Gasteiger partial charge in [-0.15, -0.1) is 0 Å². The van der Waals surface area contributed by atoms with E-state index in [4.69, 9.17) is 11.6 Å². The molecule has 0 saturated heterocycles. The van der Waals surface area contributed by atoms with Crippen LogP contribution in [0.4, 0.5) is 5.69 Å². The van der Waals surface area contributed by atoms with Gasteiger partial charge in [0, 0.05) is 23.8 Å². The lowest BCUT2D eigenvalue weighted by molar-refractivity contribution is 0.0950. The molecular weight excluding hydrogens is 398 g/mol. The number of nitrogens with one attached hydrogen (secondary N) is 1. The highest BCUT2D eigenvalue weighted by Gasteiger charge is 2.22. The molecule has 1 N–H and O–H groups in total. The van der Waals surface area contributed by atoms with Crippen molar-refractivity contribution in [2.45, 2.75) is 11.4 Å². The number of halogens is 1. The van der Waals surface area contributed by atoms with E-state index in [0.717, 1.165) is 4.31 Å². The first-order chi connectivity index (χ1) is 13.4. The molecule has 0 saturated carbocycles. The minimum atomic E-state index is -3.83. The number of nitrogens with zero attached hydrogens (tertiary/aromatic N) is 2. The minimum Gasteiger partial charge on any atom is -0.346 e. The number of hydrogen-bond donors (Lipinski definition) is 1. The molecule has 0 aliphatic carbocycles. The second kappa shape index (κ2) is 8.41. The normalized spacial score (nSPS) is 11.1. The standard InChI is InChI=1S/C20H18ClN3O3S/c1-24(18-10-8-16(21)9-11-18)28(26,27)19-7-4-5-15(13-19)20(25)23-14-17-6-2-3-12-22-17/h2-13H,14H2,1H3,(H,23,25). The van der Waals surface area contributed by atoms with Crippen LogP contribution >= 0.6 is 11.6 Å². The Balaban J connectivity index is 1.79. The van der Waals surface area contributed by atoms with Crippen LogP contribution in [0.25, 0.3) is 0 Å². The zero-order valence-electron chi connectivity index (χ0n) is 15.0. The van der Waals surface area contributed by atoms with Crippen LogP contribution in [0.2, 0.25) is 5.02 Å². The quantitative estimate of drug-likeness (QED) is 0.668.